The molecular formula is C13H10O. The van der Waals surface area contributed by atoms with Crippen molar-refractivity contribution in [3.8, 4) is 5.75 Å². The van der Waals surface area contributed by atoms with Crippen molar-refractivity contribution in [1.82, 2.24) is 0 Å². The van der Waals surface area contributed by atoms with Gasteiger partial charge in [-0.2, -0.15) is 0 Å². The first-order valence-corrected chi connectivity index (χ1v) is 4.76. The highest BCUT2D eigenvalue weighted by Crippen LogP contribution is 2.08. The number of hydrogen-bond acceptors (Lipinski definition) is 1. The maximum atomic E-state index is 5.48. The lowest BCUT2D eigenvalue weighted by Gasteiger charge is -1.99. The minimum atomic E-state index is 0.701. The second-order valence-electron chi connectivity index (χ2n) is 3.41. The number of ether oxygens (including phenoxy) is 1. The number of rotatable bonds is 0. The highest BCUT2D eigenvalue weighted by atomic mass is 16.5. The van der Waals surface area contributed by atoms with E-state index < -0.39 is 0 Å². The molecule has 0 bridgehead atoms. The lowest BCUT2D eigenvalue weighted by Crippen LogP contribution is -2.25. The summed E-state index contributed by atoms with van der Waals surface area (Å²) in [6, 6.07) is 4.15. The molecule has 1 aromatic carbocycles. The Morgan fingerprint density at radius 2 is 2.00 bits per heavy atom. The van der Waals surface area contributed by atoms with Gasteiger partial charge in [0.15, 0.2) is 0 Å². The molecule has 0 saturated heterocycles. The van der Waals surface area contributed by atoms with E-state index in [0.29, 0.717) is 6.61 Å². The normalized spacial score (nSPS) is 16.0. The van der Waals surface area contributed by atoms with Crippen LogP contribution in [0.1, 0.15) is 5.56 Å². The van der Waals surface area contributed by atoms with Gasteiger partial charge in [0.05, 0.1) is 0 Å². The average Bonchev–Trinajstić information content (AvgIpc) is 2.55. The molecule has 0 fully saturated rings. The third kappa shape index (κ3) is 1.02. The molecule has 0 aromatic heterocycles. The molecule has 1 aliphatic carbocycles. The quantitative estimate of drug-likeness (QED) is 0.586. The first-order chi connectivity index (χ1) is 6.95. The van der Waals surface area contributed by atoms with E-state index in [1.54, 1.807) is 0 Å². The summed E-state index contributed by atoms with van der Waals surface area (Å²) in [4.78, 5) is 0. The van der Waals surface area contributed by atoms with Gasteiger partial charge in [-0.25, -0.2) is 0 Å². The van der Waals surface area contributed by atoms with Crippen molar-refractivity contribution >= 4 is 18.2 Å². The fourth-order valence-electron chi connectivity index (χ4n) is 1.89. The summed E-state index contributed by atoms with van der Waals surface area (Å²) >= 11 is 0. The topological polar surface area (TPSA) is 9.23 Å². The van der Waals surface area contributed by atoms with Crippen LogP contribution in [0, 0.1) is 0 Å². The summed E-state index contributed by atoms with van der Waals surface area (Å²) in [7, 11) is 0. The van der Waals surface area contributed by atoms with Crippen LogP contribution >= 0.6 is 0 Å². The predicted molar refractivity (Wildman–Crippen MR) is 58.3 cm³/mol. The molecule has 0 radical (unpaired) electrons. The second kappa shape index (κ2) is 2.88. The van der Waals surface area contributed by atoms with Crippen LogP contribution in [0.25, 0.3) is 18.2 Å². The third-order valence-corrected chi connectivity index (χ3v) is 2.57. The minimum Gasteiger partial charge on any atom is -0.489 e. The van der Waals surface area contributed by atoms with Crippen molar-refractivity contribution in [1.29, 1.82) is 0 Å². The summed E-state index contributed by atoms with van der Waals surface area (Å²) in [5, 5.41) is 2.50. The predicted octanol–water partition coefficient (Wildman–Crippen LogP) is 1.22. The van der Waals surface area contributed by atoms with Gasteiger partial charge in [0.2, 0.25) is 0 Å². The lowest BCUT2D eigenvalue weighted by atomic mass is 10.1. The Hall–Kier alpha value is -1.76. The molecule has 1 aliphatic heterocycles. The van der Waals surface area contributed by atoms with E-state index >= 15 is 0 Å². The zero-order chi connectivity index (χ0) is 9.38. The van der Waals surface area contributed by atoms with Crippen LogP contribution in [0.15, 0.2) is 30.4 Å². The number of hydrogen-bond donors (Lipinski definition) is 0. The zero-order valence-corrected chi connectivity index (χ0v) is 7.73. The van der Waals surface area contributed by atoms with E-state index in [1.165, 1.54) is 16.0 Å². The molecule has 1 heterocycles. The van der Waals surface area contributed by atoms with Gasteiger partial charge in [-0.3, -0.25) is 0 Å². The SMILES string of the molecule is C1=CC=c2c(ccc3c2=CCO3)C=C1. The first-order valence-electron chi connectivity index (χ1n) is 4.76. The van der Waals surface area contributed by atoms with Gasteiger partial charge in [0.25, 0.3) is 0 Å². The highest BCUT2D eigenvalue weighted by molar-refractivity contribution is 5.62. The Morgan fingerprint density at radius 3 is 3.00 bits per heavy atom. The molecule has 14 heavy (non-hydrogen) atoms. The first kappa shape index (κ1) is 7.63. The fraction of sp³-hybridized carbons (Fsp3) is 0.0769. The van der Waals surface area contributed by atoms with Crippen LogP contribution in [-0.4, -0.2) is 6.61 Å². The molecule has 1 nitrogen and oxygen atoms in total. The van der Waals surface area contributed by atoms with Crippen molar-refractivity contribution in [3.05, 3.63) is 46.4 Å². The van der Waals surface area contributed by atoms with Gasteiger partial charge >= 0.3 is 0 Å². The monoisotopic (exact) mass is 182 g/mol. The van der Waals surface area contributed by atoms with Crippen LogP contribution < -0.4 is 15.2 Å². The Balaban J connectivity index is 2.47. The summed E-state index contributed by atoms with van der Waals surface area (Å²) in [5.41, 5.74) is 1.26. The number of allylic oxidation sites excluding steroid dienone is 3. The van der Waals surface area contributed by atoms with E-state index in [-0.39, 0.29) is 0 Å². The average molecular weight is 182 g/mol. The van der Waals surface area contributed by atoms with Crippen LogP contribution in [0.3, 0.4) is 0 Å². The molecule has 1 heteroatoms. The largest absolute Gasteiger partial charge is 0.489 e. The smallest absolute Gasteiger partial charge is 0.127 e. The molecule has 3 rings (SSSR count). The maximum Gasteiger partial charge on any atom is 0.127 e. The summed E-state index contributed by atoms with van der Waals surface area (Å²) < 4.78 is 5.48. The van der Waals surface area contributed by atoms with E-state index in [2.05, 4.69) is 36.4 Å². The Kier molecular flexibility index (Phi) is 1.57. The maximum absolute atomic E-state index is 5.48. The summed E-state index contributed by atoms with van der Waals surface area (Å²) in [6.45, 7) is 0.701. The molecule has 0 spiro atoms. The standard InChI is InChI=1S/C13H10O/c1-2-4-10-6-7-13-12(8-9-14-13)11(10)5-3-1/h1-8H,9H2. The lowest BCUT2D eigenvalue weighted by molar-refractivity contribution is 0.385. The summed E-state index contributed by atoms with van der Waals surface area (Å²) in [5.74, 6) is 1.00. The summed E-state index contributed by atoms with van der Waals surface area (Å²) in [6.07, 6.45) is 12.6. The van der Waals surface area contributed by atoms with Crippen molar-refractivity contribution < 1.29 is 4.74 Å². The van der Waals surface area contributed by atoms with Crippen molar-refractivity contribution in [2.75, 3.05) is 6.61 Å². The van der Waals surface area contributed by atoms with Gasteiger partial charge in [-0.1, -0.05) is 36.4 Å². The third-order valence-electron chi connectivity index (χ3n) is 2.57. The number of benzene rings is 1. The molecular weight excluding hydrogens is 172 g/mol. The fourth-order valence-corrected chi connectivity index (χ4v) is 1.89. The van der Waals surface area contributed by atoms with E-state index in [9.17, 15) is 0 Å². The van der Waals surface area contributed by atoms with Gasteiger partial charge in [0, 0.05) is 5.22 Å². The van der Waals surface area contributed by atoms with Crippen LogP contribution in [0.2, 0.25) is 0 Å². The molecule has 68 valence electrons. The molecule has 1 aromatic rings. The van der Waals surface area contributed by atoms with Gasteiger partial charge < -0.3 is 4.74 Å². The zero-order valence-electron chi connectivity index (χ0n) is 7.73. The molecule has 0 N–H and O–H groups in total. The molecule has 0 atom stereocenters. The molecule has 2 aliphatic rings. The Labute approximate surface area is 82.3 Å². The van der Waals surface area contributed by atoms with Gasteiger partial charge in [-0.15, -0.1) is 0 Å². The second-order valence-corrected chi connectivity index (χ2v) is 3.41. The van der Waals surface area contributed by atoms with Crippen LogP contribution in [-0.2, 0) is 0 Å². The van der Waals surface area contributed by atoms with Crippen molar-refractivity contribution in [3.63, 3.8) is 0 Å². The van der Waals surface area contributed by atoms with E-state index in [0.717, 1.165) is 5.75 Å². The van der Waals surface area contributed by atoms with E-state index in [1.807, 2.05) is 12.1 Å². The highest BCUT2D eigenvalue weighted by Gasteiger charge is 2.06. The minimum absolute atomic E-state index is 0.701. The van der Waals surface area contributed by atoms with Gasteiger partial charge in [0.1, 0.15) is 12.4 Å². The molecule has 0 saturated carbocycles. The Bertz CT molecular complexity index is 547. The number of fused-ring (bicyclic) bond motifs is 3. The van der Waals surface area contributed by atoms with E-state index in [4.69, 9.17) is 4.74 Å². The molecule has 0 unspecified atom stereocenters. The Morgan fingerprint density at radius 1 is 1.00 bits per heavy atom. The molecule has 0 amide bonds. The van der Waals surface area contributed by atoms with Crippen LogP contribution in [0.5, 0.6) is 5.75 Å². The van der Waals surface area contributed by atoms with Crippen molar-refractivity contribution in [2.45, 2.75) is 0 Å². The van der Waals surface area contributed by atoms with Crippen LogP contribution in [0.4, 0.5) is 0 Å². The van der Waals surface area contributed by atoms with Gasteiger partial charge in [-0.05, 0) is 22.9 Å². The van der Waals surface area contributed by atoms with Crippen molar-refractivity contribution in [2.24, 2.45) is 0 Å².